The molecule has 21 heavy (non-hydrogen) atoms. The fraction of sp³-hybridized carbons (Fsp3) is 0.133. The van der Waals surface area contributed by atoms with Crippen LogP contribution in [0.3, 0.4) is 0 Å². The molecule has 4 nitrogen and oxygen atoms in total. The first-order valence-corrected chi connectivity index (χ1v) is 7.04. The summed E-state index contributed by atoms with van der Waals surface area (Å²) in [5, 5.41) is 1.04. The van der Waals surface area contributed by atoms with E-state index in [9.17, 15) is 4.79 Å². The van der Waals surface area contributed by atoms with Crippen molar-refractivity contribution in [2.45, 2.75) is 13.0 Å². The highest BCUT2D eigenvalue weighted by Crippen LogP contribution is 2.24. The van der Waals surface area contributed by atoms with Crippen LogP contribution in [0.4, 0.5) is 5.69 Å². The molecular weight excluding hydrogens is 311 g/mol. The molecular formula is C15H14Cl2N2O2. The van der Waals surface area contributed by atoms with Crippen LogP contribution in [0.5, 0.6) is 5.75 Å². The third-order valence-electron chi connectivity index (χ3n) is 2.66. The van der Waals surface area contributed by atoms with E-state index < -0.39 is 6.10 Å². The number of amides is 1. The Hall–Kier alpha value is -1.91. The van der Waals surface area contributed by atoms with Crippen LogP contribution in [0.1, 0.15) is 6.92 Å². The third kappa shape index (κ3) is 4.55. The van der Waals surface area contributed by atoms with E-state index in [0.29, 0.717) is 21.5 Å². The third-order valence-corrected chi connectivity index (χ3v) is 3.21. The second kappa shape index (κ2) is 7.20. The molecule has 0 saturated heterocycles. The van der Waals surface area contributed by atoms with E-state index in [1.54, 1.807) is 55.5 Å². The van der Waals surface area contributed by atoms with Crippen molar-refractivity contribution in [1.29, 1.82) is 0 Å². The van der Waals surface area contributed by atoms with E-state index in [2.05, 4.69) is 10.9 Å². The summed E-state index contributed by atoms with van der Waals surface area (Å²) in [5.74, 6) is 0.138. The second-order valence-corrected chi connectivity index (χ2v) is 5.16. The lowest BCUT2D eigenvalue weighted by Gasteiger charge is -2.16. The molecule has 0 spiro atoms. The lowest BCUT2D eigenvalue weighted by molar-refractivity contribution is -0.126. The van der Waals surface area contributed by atoms with Crippen LogP contribution in [0.15, 0.2) is 48.5 Å². The molecule has 2 N–H and O–H groups in total. The van der Waals surface area contributed by atoms with Crippen molar-refractivity contribution >= 4 is 34.8 Å². The van der Waals surface area contributed by atoms with E-state index in [0.717, 1.165) is 0 Å². The van der Waals surface area contributed by atoms with Gasteiger partial charge in [-0.25, -0.2) is 0 Å². The summed E-state index contributed by atoms with van der Waals surface area (Å²) in [5.41, 5.74) is 6.00. The number of hydrogen-bond donors (Lipinski definition) is 2. The van der Waals surface area contributed by atoms with E-state index in [1.165, 1.54) is 0 Å². The molecule has 0 aromatic heterocycles. The molecule has 0 bridgehead atoms. The Labute approximate surface area is 133 Å². The van der Waals surface area contributed by atoms with Gasteiger partial charge in [-0.15, -0.1) is 0 Å². The van der Waals surface area contributed by atoms with Crippen molar-refractivity contribution in [3.8, 4) is 5.75 Å². The number of hydrogen-bond acceptors (Lipinski definition) is 3. The number of anilines is 1. The SMILES string of the molecule is CC(Oc1ccccc1Cl)C(=O)NNc1cccc(Cl)c1. The normalized spacial score (nSPS) is 11.6. The maximum Gasteiger partial charge on any atom is 0.279 e. The lowest BCUT2D eigenvalue weighted by Crippen LogP contribution is -2.39. The average molecular weight is 325 g/mol. The largest absolute Gasteiger partial charge is 0.479 e. The summed E-state index contributed by atoms with van der Waals surface area (Å²) in [6.07, 6.45) is -0.698. The number of rotatable bonds is 5. The monoisotopic (exact) mass is 324 g/mol. The molecule has 6 heteroatoms. The van der Waals surface area contributed by atoms with Crippen molar-refractivity contribution in [1.82, 2.24) is 5.43 Å². The predicted octanol–water partition coefficient (Wildman–Crippen LogP) is 3.90. The van der Waals surface area contributed by atoms with Gasteiger partial charge in [0.05, 0.1) is 10.7 Å². The van der Waals surface area contributed by atoms with Crippen molar-refractivity contribution in [3.63, 3.8) is 0 Å². The van der Waals surface area contributed by atoms with E-state index >= 15 is 0 Å². The fourth-order valence-corrected chi connectivity index (χ4v) is 1.96. The van der Waals surface area contributed by atoms with Gasteiger partial charge in [0.1, 0.15) is 5.75 Å². The van der Waals surface area contributed by atoms with Gasteiger partial charge in [0, 0.05) is 5.02 Å². The molecule has 0 radical (unpaired) electrons. The summed E-state index contributed by atoms with van der Waals surface area (Å²) in [6.45, 7) is 1.64. The topological polar surface area (TPSA) is 50.4 Å². The molecule has 0 saturated carbocycles. The molecule has 0 heterocycles. The smallest absolute Gasteiger partial charge is 0.279 e. The van der Waals surface area contributed by atoms with Gasteiger partial charge in [0.25, 0.3) is 5.91 Å². The standard InChI is InChI=1S/C15H14Cl2N2O2/c1-10(21-14-8-3-2-7-13(14)17)15(20)19-18-12-6-4-5-11(16)9-12/h2-10,18H,1H3,(H,19,20). The van der Waals surface area contributed by atoms with Gasteiger partial charge in [-0.1, -0.05) is 41.4 Å². The molecule has 0 aliphatic rings. The van der Waals surface area contributed by atoms with Crippen LogP contribution < -0.4 is 15.6 Å². The molecule has 2 aromatic carbocycles. The molecule has 2 rings (SSSR count). The van der Waals surface area contributed by atoms with Crippen molar-refractivity contribution in [3.05, 3.63) is 58.6 Å². The zero-order valence-corrected chi connectivity index (χ0v) is 12.8. The highest BCUT2D eigenvalue weighted by Gasteiger charge is 2.15. The number of hydrazine groups is 1. The Morgan fingerprint density at radius 2 is 1.90 bits per heavy atom. The minimum atomic E-state index is -0.698. The summed E-state index contributed by atoms with van der Waals surface area (Å²) in [6, 6.07) is 14.0. The Morgan fingerprint density at radius 1 is 1.14 bits per heavy atom. The number of ether oxygens (including phenoxy) is 1. The average Bonchev–Trinajstić information content (AvgIpc) is 2.47. The van der Waals surface area contributed by atoms with Crippen molar-refractivity contribution < 1.29 is 9.53 Å². The van der Waals surface area contributed by atoms with Crippen LogP contribution in [-0.4, -0.2) is 12.0 Å². The first-order chi connectivity index (χ1) is 10.1. The Kier molecular flexibility index (Phi) is 5.31. The van der Waals surface area contributed by atoms with Gasteiger partial charge in [-0.05, 0) is 37.3 Å². The summed E-state index contributed by atoms with van der Waals surface area (Å²) in [4.78, 5) is 11.9. The van der Waals surface area contributed by atoms with Crippen LogP contribution in [-0.2, 0) is 4.79 Å². The molecule has 110 valence electrons. The van der Waals surface area contributed by atoms with E-state index in [4.69, 9.17) is 27.9 Å². The highest BCUT2D eigenvalue weighted by atomic mass is 35.5. The van der Waals surface area contributed by atoms with Crippen molar-refractivity contribution in [2.75, 3.05) is 5.43 Å². The Balaban J connectivity index is 1.90. The van der Waals surface area contributed by atoms with Gasteiger partial charge in [-0.3, -0.25) is 15.6 Å². The van der Waals surface area contributed by atoms with E-state index in [-0.39, 0.29) is 5.91 Å². The molecule has 0 aliphatic heterocycles. The molecule has 2 aromatic rings. The van der Waals surface area contributed by atoms with Gasteiger partial charge in [0.2, 0.25) is 0 Å². The fourth-order valence-electron chi connectivity index (χ4n) is 1.59. The number of carbonyl (C=O) groups excluding carboxylic acids is 1. The summed E-state index contributed by atoms with van der Waals surface area (Å²) >= 11 is 11.8. The van der Waals surface area contributed by atoms with Crippen molar-refractivity contribution in [2.24, 2.45) is 0 Å². The summed E-state index contributed by atoms with van der Waals surface area (Å²) < 4.78 is 5.51. The molecule has 1 unspecified atom stereocenters. The quantitative estimate of drug-likeness (QED) is 0.820. The molecule has 0 fully saturated rings. The molecule has 1 atom stereocenters. The van der Waals surface area contributed by atoms with Crippen LogP contribution >= 0.6 is 23.2 Å². The zero-order chi connectivity index (χ0) is 15.2. The number of para-hydroxylation sites is 1. The first-order valence-electron chi connectivity index (χ1n) is 6.29. The van der Waals surface area contributed by atoms with E-state index in [1.807, 2.05) is 0 Å². The second-order valence-electron chi connectivity index (χ2n) is 4.32. The maximum atomic E-state index is 11.9. The maximum absolute atomic E-state index is 11.9. The molecule has 0 aliphatic carbocycles. The van der Waals surface area contributed by atoms with Crippen LogP contribution in [0.25, 0.3) is 0 Å². The minimum Gasteiger partial charge on any atom is -0.479 e. The Bertz CT molecular complexity index is 635. The number of nitrogens with one attached hydrogen (secondary N) is 2. The number of carbonyl (C=O) groups is 1. The predicted molar refractivity (Wildman–Crippen MR) is 84.8 cm³/mol. The lowest BCUT2D eigenvalue weighted by atomic mass is 10.3. The van der Waals surface area contributed by atoms with Gasteiger partial charge < -0.3 is 4.74 Å². The first kappa shape index (κ1) is 15.5. The van der Waals surface area contributed by atoms with Crippen LogP contribution in [0, 0.1) is 0 Å². The highest BCUT2D eigenvalue weighted by molar-refractivity contribution is 6.32. The van der Waals surface area contributed by atoms with Gasteiger partial charge in [-0.2, -0.15) is 0 Å². The van der Waals surface area contributed by atoms with Crippen LogP contribution in [0.2, 0.25) is 10.0 Å². The zero-order valence-electron chi connectivity index (χ0n) is 11.3. The van der Waals surface area contributed by atoms with Gasteiger partial charge >= 0.3 is 0 Å². The minimum absolute atomic E-state index is 0.324. The number of benzene rings is 2. The Morgan fingerprint density at radius 3 is 2.62 bits per heavy atom. The summed E-state index contributed by atoms with van der Waals surface area (Å²) in [7, 11) is 0. The number of halogens is 2. The van der Waals surface area contributed by atoms with Gasteiger partial charge in [0.15, 0.2) is 6.10 Å². The molecule has 1 amide bonds.